The monoisotopic (exact) mass is 507 g/mol. The second-order valence-electron chi connectivity index (χ2n) is 9.87. The summed E-state index contributed by atoms with van der Waals surface area (Å²) >= 11 is 0. The van der Waals surface area contributed by atoms with Crippen molar-refractivity contribution < 1.29 is 19.3 Å². The van der Waals surface area contributed by atoms with Crippen molar-refractivity contribution in [3.8, 4) is 17.2 Å². The molecule has 5 rings (SSSR count). The molecule has 0 aliphatic carbocycles. The zero-order chi connectivity index (χ0) is 25.8. The molecule has 2 N–H and O–H groups in total. The summed E-state index contributed by atoms with van der Waals surface area (Å²) in [6, 6.07) is 13.8. The number of fused-ring (bicyclic) bond motifs is 2. The number of aliphatic hydroxyl groups excluding tert-OH is 1. The maximum Gasteiger partial charge on any atom is 0.251 e. The molecule has 2 aliphatic heterocycles. The molecular weight excluding hydrogens is 470 g/mol. The predicted octanol–water partition coefficient (Wildman–Crippen LogP) is 3.48. The number of nitrogens with zero attached hydrogens (tertiary/aromatic N) is 2. The minimum absolute atomic E-state index is 0.0336. The molecule has 198 valence electrons. The number of piperidine rings is 1. The molecule has 1 fully saturated rings. The van der Waals surface area contributed by atoms with Crippen molar-refractivity contribution in [1.29, 1.82) is 0 Å². The standard InChI is InChI=1S/C29H37N3O5/c1-3-26(33)24-17-22(35-2)18-25-23(24)5-7-29(34)32(25)13-12-31-10-8-21(9-11-31)30-19-20-4-6-27-28(16-20)37-15-14-36-27/h4-7,16-18,21,26,30,33H,3,8-15,19H2,1-2H3. The summed E-state index contributed by atoms with van der Waals surface area (Å²) < 4.78 is 18.6. The van der Waals surface area contributed by atoms with Gasteiger partial charge in [-0.25, -0.2) is 0 Å². The first-order valence-electron chi connectivity index (χ1n) is 13.3. The number of pyridine rings is 1. The molecule has 8 heteroatoms. The van der Waals surface area contributed by atoms with Crippen LogP contribution in [0, 0.1) is 0 Å². The van der Waals surface area contributed by atoms with Crippen LogP contribution in [-0.4, -0.2) is 60.6 Å². The fourth-order valence-electron chi connectivity index (χ4n) is 5.31. The summed E-state index contributed by atoms with van der Waals surface area (Å²) in [4.78, 5) is 15.3. The maximum absolute atomic E-state index is 12.8. The Morgan fingerprint density at radius 3 is 2.59 bits per heavy atom. The first kappa shape index (κ1) is 25.6. The van der Waals surface area contributed by atoms with Crippen LogP contribution in [0.15, 0.2) is 47.3 Å². The second-order valence-corrected chi connectivity index (χ2v) is 9.87. The predicted molar refractivity (Wildman–Crippen MR) is 144 cm³/mol. The van der Waals surface area contributed by atoms with Gasteiger partial charge >= 0.3 is 0 Å². The molecule has 37 heavy (non-hydrogen) atoms. The first-order chi connectivity index (χ1) is 18.1. The molecule has 0 spiro atoms. The molecule has 0 bridgehead atoms. The number of benzene rings is 2. The molecule has 2 aromatic carbocycles. The van der Waals surface area contributed by atoms with E-state index in [-0.39, 0.29) is 5.56 Å². The van der Waals surface area contributed by atoms with E-state index in [1.165, 1.54) is 5.56 Å². The molecule has 3 aromatic rings. The fourth-order valence-corrected chi connectivity index (χ4v) is 5.31. The highest BCUT2D eigenvalue weighted by atomic mass is 16.6. The van der Waals surface area contributed by atoms with Crippen LogP contribution in [0.3, 0.4) is 0 Å². The number of nitrogens with one attached hydrogen (secondary N) is 1. The van der Waals surface area contributed by atoms with Crippen LogP contribution in [0.2, 0.25) is 0 Å². The lowest BCUT2D eigenvalue weighted by Crippen LogP contribution is -2.43. The van der Waals surface area contributed by atoms with Crippen molar-refractivity contribution in [2.45, 2.75) is 51.4 Å². The van der Waals surface area contributed by atoms with Crippen LogP contribution in [0.5, 0.6) is 17.2 Å². The van der Waals surface area contributed by atoms with Crippen molar-refractivity contribution in [2.24, 2.45) is 0 Å². The van der Waals surface area contributed by atoms with Gasteiger partial charge in [0.15, 0.2) is 11.5 Å². The van der Waals surface area contributed by atoms with E-state index in [4.69, 9.17) is 14.2 Å². The molecule has 8 nitrogen and oxygen atoms in total. The Labute approximate surface area is 217 Å². The summed E-state index contributed by atoms with van der Waals surface area (Å²) in [6.45, 7) is 7.33. The zero-order valence-electron chi connectivity index (χ0n) is 21.7. The third kappa shape index (κ3) is 5.76. The normalized spacial score (nSPS) is 17.2. The largest absolute Gasteiger partial charge is 0.497 e. The number of aromatic nitrogens is 1. The lowest BCUT2D eigenvalue weighted by Gasteiger charge is -2.32. The highest BCUT2D eigenvalue weighted by molar-refractivity contribution is 5.84. The van der Waals surface area contributed by atoms with E-state index in [9.17, 15) is 9.90 Å². The Morgan fingerprint density at radius 2 is 1.84 bits per heavy atom. The molecule has 1 atom stereocenters. The average Bonchev–Trinajstić information content (AvgIpc) is 2.94. The van der Waals surface area contributed by atoms with E-state index in [2.05, 4.69) is 22.3 Å². The molecule has 1 unspecified atom stereocenters. The van der Waals surface area contributed by atoms with Gasteiger partial charge in [-0.15, -0.1) is 0 Å². The lowest BCUT2D eigenvalue weighted by atomic mass is 10.0. The molecule has 2 aliphatic rings. The Balaban J connectivity index is 1.19. The minimum atomic E-state index is -0.600. The minimum Gasteiger partial charge on any atom is -0.497 e. The highest BCUT2D eigenvalue weighted by Crippen LogP contribution is 2.31. The molecule has 0 amide bonds. The van der Waals surface area contributed by atoms with Gasteiger partial charge in [0.1, 0.15) is 19.0 Å². The molecule has 1 saturated heterocycles. The first-order valence-corrected chi connectivity index (χ1v) is 13.3. The van der Waals surface area contributed by atoms with Crippen LogP contribution in [0.25, 0.3) is 10.9 Å². The fraction of sp³-hybridized carbons (Fsp3) is 0.483. The molecule has 1 aromatic heterocycles. The summed E-state index contributed by atoms with van der Waals surface area (Å²) in [5, 5.41) is 15.2. The molecule has 3 heterocycles. The van der Waals surface area contributed by atoms with Gasteiger partial charge in [0.05, 0.1) is 18.7 Å². The van der Waals surface area contributed by atoms with Crippen molar-refractivity contribution in [3.05, 3.63) is 63.9 Å². The SMILES string of the molecule is CCC(O)c1cc(OC)cc2c1ccc(=O)n2CCN1CCC(NCc2ccc3c(c2)OCCO3)CC1. The van der Waals surface area contributed by atoms with E-state index >= 15 is 0 Å². The van der Waals surface area contributed by atoms with Crippen LogP contribution in [-0.2, 0) is 13.1 Å². The number of aliphatic hydroxyl groups is 1. The molecule has 0 saturated carbocycles. The lowest BCUT2D eigenvalue weighted by molar-refractivity contribution is 0.171. The van der Waals surface area contributed by atoms with Crippen LogP contribution < -0.4 is 25.1 Å². The van der Waals surface area contributed by atoms with Crippen LogP contribution in [0.1, 0.15) is 43.4 Å². The topological polar surface area (TPSA) is 85.2 Å². The smallest absolute Gasteiger partial charge is 0.251 e. The Bertz CT molecular complexity index is 1280. The second kappa shape index (κ2) is 11.5. The van der Waals surface area contributed by atoms with Gasteiger partial charge in [0.25, 0.3) is 5.56 Å². The Kier molecular flexibility index (Phi) is 7.98. The number of ether oxygens (including phenoxy) is 3. The van der Waals surface area contributed by atoms with Gasteiger partial charge in [-0.3, -0.25) is 4.79 Å². The average molecular weight is 508 g/mol. The van der Waals surface area contributed by atoms with E-state index in [0.717, 1.165) is 67.0 Å². The van der Waals surface area contributed by atoms with Crippen LogP contribution in [0.4, 0.5) is 0 Å². The summed E-state index contributed by atoms with van der Waals surface area (Å²) in [5.41, 5.74) is 2.78. The summed E-state index contributed by atoms with van der Waals surface area (Å²) in [6.07, 6.45) is 2.13. The number of likely N-dealkylation sites (tertiary alicyclic amines) is 1. The van der Waals surface area contributed by atoms with Crippen LogP contribution >= 0.6 is 0 Å². The van der Waals surface area contributed by atoms with Gasteiger partial charge in [0, 0.05) is 43.2 Å². The highest BCUT2D eigenvalue weighted by Gasteiger charge is 2.20. The summed E-state index contributed by atoms with van der Waals surface area (Å²) in [5.74, 6) is 2.31. The van der Waals surface area contributed by atoms with Gasteiger partial charge in [-0.2, -0.15) is 0 Å². The van der Waals surface area contributed by atoms with Crippen molar-refractivity contribution in [3.63, 3.8) is 0 Å². The third-order valence-electron chi connectivity index (χ3n) is 7.52. The zero-order valence-corrected chi connectivity index (χ0v) is 21.7. The number of hydrogen-bond acceptors (Lipinski definition) is 7. The van der Waals surface area contributed by atoms with Gasteiger partial charge in [-0.1, -0.05) is 13.0 Å². The van der Waals surface area contributed by atoms with Gasteiger partial charge < -0.3 is 34.1 Å². The van der Waals surface area contributed by atoms with E-state index in [0.29, 0.717) is 38.0 Å². The number of methoxy groups -OCH3 is 1. The Morgan fingerprint density at radius 1 is 1.05 bits per heavy atom. The van der Waals surface area contributed by atoms with E-state index in [1.54, 1.807) is 13.2 Å². The quantitative estimate of drug-likeness (QED) is 0.459. The van der Waals surface area contributed by atoms with E-state index in [1.807, 2.05) is 35.8 Å². The molecular formula is C29H37N3O5. The van der Waals surface area contributed by atoms with Crippen molar-refractivity contribution in [2.75, 3.05) is 40.0 Å². The molecule has 0 radical (unpaired) electrons. The van der Waals surface area contributed by atoms with E-state index < -0.39 is 6.10 Å². The number of rotatable bonds is 9. The number of hydrogen-bond donors (Lipinski definition) is 2. The summed E-state index contributed by atoms with van der Waals surface area (Å²) in [7, 11) is 1.61. The van der Waals surface area contributed by atoms with Gasteiger partial charge in [0.2, 0.25) is 0 Å². The van der Waals surface area contributed by atoms with Crippen molar-refractivity contribution in [1.82, 2.24) is 14.8 Å². The maximum atomic E-state index is 12.8. The Hall–Kier alpha value is -3.07. The van der Waals surface area contributed by atoms with Crippen molar-refractivity contribution >= 4 is 10.9 Å². The third-order valence-corrected chi connectivity index (χ3v) is 7.52. The van der Waals surface area contributed by atoms with Gasteiger partial charge in [-0.05, 0) is 67.7 Å².